The Morgan fingerprint density at radius 3 is 3.00 bits per heavy atom. The summed E-state index contributed by atoms with van der Waals surface area (Å²) in [6.07, 6.45) is 4.04. The fraction of sp³-hybridized carbons (Fsp3) is 0.800. The highest BCUT2D eigenvalue weighted by molar-refractivity contribution is 7.91. The first-order valence-electron chi connectivity index (χ1n) is 5.30. The number of nitrogens with one attached hydrogen (secondary N) is 1. The van der Waals surface area contributed by atoms with Crippen LogP contribution >= 0.6 is 0 Å². The fourth-order valence-corrected chi connectivity index (χ4v) is 3.40. The van der Waals surface area contributed by atoms with Crippen molar-refractivity contribution in [2.45, 2.75) is 25.3 Å². The third kappa shape index (κ3) is 5.18. The van der Waals surface area contributed by atoms with E-state index in [1.54, 1.807) is 0 Å². The van der Waals surface area contributed by atoms with Crippen LogP contribution in [0.5, 0.6) is 0 Å². The van der Waals surface area contributed by atoms with Crippen molar-refractivity contribution in [1.29, 1.82) is 0 Å². The van der Waals surface area contributed by atoms with Gasteiger partial charge in [-0.15, -0.1) is 0 Å². The molecule has 0 aromatic carbocycles. The molecule has 5 heteroatoms. The molecule has 0 saturated carbocycles. The summed E-state index contributed by atoms with van der Waals surface area (Å²) in [7, 11) is -2.79. The van der Waals surface area contributed by atoms with E-state index < -0.39 is 9.84 Å². The molecule has 1 rings (SSSR count). The molecule has 88 valence electrons. The standard InChI is InChI=1S/C10H19NO3S/c1-2-14-7-4-6-11-10-5-3-8-15(12,13)9-10/h2,10-11H,1,3-9H2. The molecule has 0 aliphatic carbocycles. The normalized spacial score (nSPS) is 24.7. The molecule has 0 spiro atoms. The molecule has 1 saturated heterocycles. The number of sulfone groups is 1. The Hall–Kier alpha value is -0.550. The summed E-state index contributed by atoms with van der Waals surface area (Å²) in [6, 6.07) is 0.132. The van der Waals surface area contributed by atoms with Crippen LogP contribution in [-0.2, 0) is 14.6 Å². The zero-order valence-corrected chi connectivity index (χ0v) is 9.76. The van der Waals surface area contributed by atoms with Gasteiger partial charge in [0, 0.05) is 6.04 Å². The van der Waals surface area contributed by atoms with E-state index in [1.165, 1.54) is 6.26 Å². The smallest absolute Gasteiger partial charge is 0.151 e. The van der Waals surface area contributed by atoms with Crippen molar-refractivity contribution < 1.29 is 13.2 Å². The molecule has 0 aromatic rings. The quantitative estimate of drug-likeness (QED) is 0.542. The van der Waals surface area contributed by atoms with Crippen LogP contribution in [0.3, 0.4) is 0 Å². The van der Waals surface area contributed by atoms with Crippen molar-refractivity contribution in [2.24, 2.45) is 0 Å². The SMILES string of the molecule is C=COCCCNC1CCCS(=O)(=O)C1. The van der Waals surface area contributed by atoms with E-state index >= 15 is 0 Å². The summed E-state index contributed by atoms with van der Waals surface area (Å²) in [5.74, 6) is 0.639. The maximum atomic E-state index is 11.3. The van der Waals surface area contributed by atoms with Gasteiger partial charge in [0.05, 0.1) is 24.4 Å². The Kier molecular flexibility index (Phi) is 5.11. The predicted octanol–water partition coefficient (Wildman–Crippen LogP) is 0.703. The predicted molar refractivity (Wildman–Crippen MR) is 60.4 cm³/mol. The summed E-state index contributed by atoms with van der Waals surface area (Å²) >= 11 is 0. The maximum Gasteiger partial charge on any atom is 0.151 e. The average Bonchev–Trinajstić information content (AvgIpc) is 2.16. The molecular weight excluding hydrogens is 214 g/mol. The van der Waals surface area contributed by atoms with Crippen LogP contribution in [0.15, 0.2) is 12.8 Å². The van der Waals surface area contributed by atoms with E-state index in [0.29, 0.717) is 12.4 Å². The maximum absolute atomic E-state index is 11.3. The van der Waals surface area contributed by atoms with Crippen molar-refractivity contribution in [3.05, 3.63) is 12.8 Å². The molecule has 4 nitrogen and oxygen atoms in total. The minimum atomic E-state index is -2.79. The Balaban J connectivity index is 2.13. The van der Waals surface area contributed by atoms with Gasteiger partial charge in [-0.3, -0.25) is 0 Å². The second-order valence-corrected chi connectivity index (χ2v) is 6.03. The van der Waals surface area contributed by atoms with E-state index in [0.717, 1.165) is 25.8 Å². The summed E-state index contributed by atoms with van der Waals surface area (Å²) in [5.41, 5.74) is 0. The first-order valence-corrected chi connectivity index (χ1v) is 7.12. The van der Waals surface area contributed by atoms with Crippen LogP contribution in [0.4, 0.5) is 0 Å². The molecule has 15 heavy (non-hydrogen) atoms. The number of ether oxygens (including phenoxy) is 1. The van der Waals surface area contributed by atoms with Crippen molar-refractivity contribution in [3.8, 4) is 0 Å². The second-order valence-electron chi connectivity index (χ2n) is 3.80. The molecule has 1 fully saturated rings. The van der Waals surface area contributed by atoms with Gasteiger partial charge in [0.1, 0.15) is 0 Å². The van der Waals surface area contributed by atoms with Gasteiger partial charge in [-0.2, -0.15) is 0 Å². The molecule has 0 radical (unpaired) electrons. The first-order chi connectivity index (χ1) is 7.14. The lowest BCUT2D eigenvalue weighted by molar-refractivity contribution is 0.242. The monoisotopic (exact) mass is 233 g/mol. The van der Waals surface area contributed by atoms with E-state index in [2.05, 4.69) is 11.9 Å². The highest BCUT2D eigenvalue weighted by Gasteiger charge is 2.23. The van der Waals surface area contributed by atoms with Gasteiger partial charge in [-0.25, -0.2) is 8.42 Å². The Labute approximate surface area is 91.6 Å². The highest BCUT2D eigenvalue weighted by Crippen LogP contribution is 2.11. The van der Waals surface area contributed by atoms with Gasteiger partial charge in [-0.1, -0.05) is 6.58 Å². The third-order valence-electron chi connectivity index (χ3n) is 2.45. The van der Waals surface area contributed by atoms with Gasteiger partial charge in [-0.05, 0) is 25.8 Å². The zero-order valence-electron chi connectivity index (χ0n) is 8.94. The molecule has 0 aromatic heterocycles. The summed E-state index contributed by atoms with van der Waals surface area (Å²) in [6.45, 7) is 4.88. The minimum Gasteiger partial charge on any atom is -0.502 e. The Morgan fingerprint density at radius 1 is 1.53 bits per heavy atom. The molecule has 1 atom stereocenters. The molecule has 1 aliphatic rings. The zero-order chi connectivity index (χ0) is 11.1. The van der Waals surface area contributed by atoms with Gasteiger partial charge in [0.2, 0.25) is 0 Å². The van der Waals surface area contributed by atoms with Crippen molar-refractivity contribution in [2.75, 3.05) is 24.7 Å². The van der Waals surface area contributed by atoms with Crippen molar-refractivity contribution >= 4 is 9.84 Å². The summed E-state index contributed by atoms with van der Waals surface area (Å²) in [4.78, 5) is 0. The van der Waals surface area contributed by atoms with Crippen LogP contribution in [0, 0.1) is 0 Å². The molecule has 1 N–H and O–H groups in total. The molecule has 0 bridgehead atoms. The molecule has 1 aliphatic heterocycles. The van der Waals surface area contributed by atoms with Crippen LogP contribution < -0.4 is 5.32 Å². The van der Waals surface area contributed by atoms with Crippen LogP contribution in [0.1, 0.15) is 19.3 Å². The number of rotatable bonds is 6. The molecular formula is C10H19NO3S. The minimum absolute atomic E-state index is 0.132. The molecule has 1 unspecified atom stereocenters. The summed E-state index contributed by atoms with van der Waals surface area (Å²) < 4.78 is 27.6. The van der Waals surface area contributed by atoms with E-state index in [1.807, 2.05) is 0 Å². The van der Waals surface area contributed by atoms with Crippen molar-refractivity contribution in [3.63, 3.8) is 0 Å². The summed E-state index contributed by atoms with van der Waals surface area (Å²) in [5, 5.41) is 3.24. The largest absolute Gasteiger partial charge is 0.502 e. The van der Waals surface area contributed by atoms with Crippen molar-refractivity contribution in [1.82, 2.24) is 5.32 Å². The van der Waals surface area contributed by atoms with Crippen LogP contribution in [0.25, 0.3) is 0 Å². The van der Waals surface area contributed by atoms with Gasteiger partial charge in [0.15, 0.2) is 9.84 Å². The van der Waals surface area contributed by atoms with E-state index in [4.69, 9.17) is 4.74 Å². The van der Waals surface area contributed by atoms with Gasteiger partial charge in [0.25, 0.3) is 0 Å². The molecule has 1 heterocycles. The van der Waals surface area contributed by atoms with E-state index in [-0.39, 0.29) is 11.8 Å². The number of hydrogen-bond acceptors (Lipinski definition) is 4. The van der Waals surface area contributed by atoms with E-state index in [9.17, 15) is 8.42 Å². The Morgan fingerprint density at radius 2 is 2.33 bits per heavy atom. The fourth-order valence-electron chi connectivity index (χ4n) is 1.73. The lowest BCUT2D eigenvalue weighted by atomic mass is 10.2. The first kappa shape index (κ1) is 12.5. The molecule has 0 amide bonds. The topological polar surface area (TPSA) is 55.4 Å². The van der Waals surface area contributed by atoms with Crippen LogP contribution in [0.2, 0.25) is 0 Å². The van der Waals surface area contributed by atoms with Gasteiger partial charge >= 0.3 is 0 Å². The third-order valence-corrected chi connectivity index (χ3v) is 4.27. The number of hydrogen-bond donors (Lipinski definition) is 1. The van der Waals surface area contributed by atoms with Gasteiger partial charge < -0.3 is 10.1 Å². The average molecular weight is 233 g/mol. The lowest BCUT2D eigenvalue weighted by Crippen LogP contribution is -2.40. The van der Waals surface area contributed by atoms with Crippen LogP contribution in [-0.4, -0.2) is 39.1 Å². The lowest BCUT2D eigenvalue weighted by Gasteiger charge is -2.22. The Bertz CT molecular complexity index is 287. The highest BCUT2D eigenvalue weighted by atomic mass is 32.2. The second kappa shape index (κ2) is 6.12.